The van der Waals surface area contributed by atoms with Gasteiger partial charge in [0.25, 0.3) is 0 Å². The summed E-state index contributed by atoms with van der Waals surface area (Å²) in [6.07, 6.45) is 1.22. The number of aromatic nitrogens is 1. The second-order valence-corrected chi connectivity index (χ2v) is 2.01. The fourth-order valence-electron chi connectivity index (χ4n) is 0.669. The van der Waals surface area contributed by atoms with Gasteiger partial charge in [-0.3, -0.25) is 0 Å². The molecular formula is C7H6FN2+. The zero-order chi connectivity index (χ0) is 7.56. The van der Waals surface area contributed by atoms with Crippen LogP contribution in [0.25, 0.3) is 0 Å². The number of nitriles is 1. The van der Waals surface area contributed by atoms with Gasteiger partial charge in [-0.1, -0.05) is 0 Å². The van der Waals surface area contributed by atoms with Crippen LogP contribution < -0.4 is 4.79 Å². The molecule has 3 heteroatoms. The second-order valence-electron chi connectivity index (χ2n) is 2.01. The Morgan fingerprint density at radius 1 is 1.70 bits per heavy atom. The fourth-order valence-corrected chi connectivity index (χ4v) is 0.669. The van der Waals surface area contributed by atoms with E-state index in [1.54, 1.807) is 19.1 Å². The van der Waals surface area contributed by atoms with Crippen LogP contribution in [-0.2, 0) is 0 Å². The van der Waals surface area contributed by atoms with E-state index in [2.05, 4.69) is 0 Å². The molecule has 0 atom stereocenters. The van der Waals surface area contributed by atoms with E-state index >= 15 is 0 Å². The maximum Gasteiger partial charge on any atom is 0.330 e. The van der Waals surface area contributed by atoms with Gasteiger partial charge in [-0.2, -0.15) is 5.26 Å². The molecule has 1 rings (SSSR count). The Labute approximate surface area is 58.1 Å². The maximum atomic E-state index is 12.5. The third-order valence-corrected chi connectivity index (χ3v) is 1.18. The van der Waals surface area contributed by atoms with Crippen LogP contribution in [0.15, 0.2) is 18.3 Å². The van der Waals surface area contributed by atoms with Gasteiger partial charge in [0.05, 0.1) is 4.48 Å². The topological polar surface area (TPSA) is 27.7 Å². The van der Waals surface area contributed by atoms with E-state index in [1.807, 2.05) is 0 Å². The Morgan fingerprint density at radius 3 is 2.90 bits per heavy atom. The summed E-state index contributed by atoms with van der Waals surface area (Å²) in [5.74, 6) is 0. The number of hydrogen-bond donors (Lipinski definition) is 0. The van der Waals surface area contributed by atoms with Gasteiger partial charge in [0.15, 0.2) is 6.07 Å². The van der Waals surface area contributed by atoms with E-state index in [0.29, 0.717) is 4.79 Å². The third kappa shape index (κ3) is 1.11. The molecule has 0 aliphatic rings. The van der Waals surface area contributed by atoms with E-state index < -0.39 is 0 Å². The lowest BCUT2D eigenvalue weighted by Crippen LogP contribution is -2.25. The monoisotopic (exact) mass is 137 g/mol. The van der Waals surface area contributed by atoms with Gasteiger partial charge < -0.3 is 0 Å². The van der Waals surface area contributed by atoms with Crippen molar-refractivity contribution in [3.8, 4) is 6.07 Å². The van der Waals surface area contributed by atoms with E-state index in [1.165, 1.54) is 12.3 Å². The van der Waals surface area contributed by atoms with Gasteiger partial charge >= 0.3 is 5.69 Å². The zero-order valence-corrected chi connectivity index (χ0v) is 5.50. The molecule has 0 saturated carbocycles. The van der Waals surface area contributed by atoms with Crippen molar-refractivity contribution >= 4 is 0 Å². The smallest absolute Gasteiger partial charge is 0.186 e. The van der Waals surface area contributed by atoms with Crippen molar-refractivity contribution in [2.75, 3.05) is 0 Å². The van der Waals surface area contributed by atoms with Crippen LogP contribution in [0.5, 0.6) is 0 Å². The van der Waals surface area contributed by atoms with Crippen LogP contribution in [-0.4, -0.2) is 0 Å². The van der Waals surface area contributed by atoms with E-state index in [0.717, 1.165) is 5.56 Å². The summed E-state index contributed by atoms with van der Waals surface area (Å²) in [6, 6.07) is 4.81. The highest BCUT2D eigenvalue weighted by atomic mass is 19.2. The fraction of sp³-hybridized carbons (Fsp3) is 0.143. The highest BCUT2D eigenvalue weighted by Gasteiger charge is 2.08. The Morgan fingerprint density at radius 2 is 2.40 bits per heavy atom. The molecule has 0 saturated heterocycles. The number of nitrogens with zero attached hydrogens (tertiary/aromatic N) is 2. The normalized spacial score (nSPS) is 8.90. The summed E-state index contributed by atoms with van der Waals surface area (Å²) in [5, 5.41) is 8.33. The third-order valence-electron chi connectivity index (χ3n) is 1.18. The van der Waals surface area contributed by atoms with Crippen LogP contribution in [0.4, 0.5) is 4.48 Å². The molecule has 0 amide bonds. The Hall–Kier alpha value is -1.43. The van der Waals surface area contributed by atoms with Crippen molar-refractivity contribution in [3.63, 3.8) is 0 Å². The Kier molecular flexibility index (Phi) is 1.63. The summed E-state index contributed by atoms with van der Waals surface area (Å²) in [7, 11) is 0. The van der Waals surface area contributed by atoms with Gasteiger partial charge in [-0.05, 0) is 12.5 Å². The first-order chi connectivity index (χ1) is 4.74. The molecule has 0 aliphatic heterocycles. The number of aryl methyl sites for hydroxylation is 1. The van der Waals surface area contributed by atoms with Crippen molar-refractivity contribution in [2.45, 2.75) is 6.92 Å². The standard InChI is InChI=1S/C7H6FN2/c1-6-2-3-10(8)7(4-6)5-9/h2-4H,1H3/q+1. The Bertz CT molecular complexity index is 288. The molecular weight excluding hydrogens is 131 g/mol. The molecule has 50 valence electrons. The average Bonchev–Trinajstić information content (AvgIpc) is 1.94. The van der Waals surface area contributed by atoms with Crippen molar-refractivity contribution in [1.82, 2.24) is 0 Å². The molecule has 2 nitrogen and oxygen atoms in total. The van der Waals surface area contributed by atoms with Gasteiger partial charge in [-0.25, -0.2) is 0 Å². The van der Waals surface area contributed by atoms with Crippen LogP contribution in [0.3, 0.4) is 0 Å². The largest absolute Gasteiger partial charge is 0.330 e. The molecule has 0 aromatic carbocycles. The van der Waals surface area contributed by atoms with Crippen molar-refractivity contribution in [3.05, 3.63) is 29.6 Å². The van der Waals surface area contributed by atoms with Gasteiger partial charge in [0.1, 0.15) is 0 Å². The number of halogens is 1. The predicted molar refractivity (Wildman–Crippen MR) is 32.6 cm³/mol. The predicted octanol–water partition coefficient (Wildman–Crippen LogP) is 0.887. The summed E-state index contributed by atoms with van der Waals surface area (Å²) in [6.45, 7) is 1.81. The number of rotatable bonds is 0. The molecule has 10 heavy (non-hydrogen) atoms. The van der Waals surface area contributed by atoms with Crippen LogP contribution >= 0.6 is 0 Å². The molecule has 1 aromatic rings. The molecule has 0 spiro atoms. The summed E-state index contributed by atoms with van der Waals surface area (Å²) in [5.41, 5.74) is 0.908. The number of hydrogen-bond acceptors (Lipinski definition) is 1. The maximum absolute atomic E-state index is 12.5. The molecule has 1 heterocycles. The first kappa shape index (κ1) is 6.69. The molecule has 1 aromatic heterocycles. The lowest BCUT2D eigenvalue weighted by Gasteiger charge is -1.84. The molecule has 0 bridgehead atoms. The molecule has 0 unspecified atom stereocenters. The van der Waals surface area contributed by atoms with Gasteiger partial charge in [0, 0.05) is 16.9 Å². The lowest BCUT2D eigenvalue weighted by atomic mass is 10.2. The van der Waals surface area contributed by atoms with E-state index in [9.17, 15) is 4.48 Å². The molecule has 0 N–H and O–H groups in total. The first-order valence-electron chi connectivity index (χ1n) is 2.82. The first-order valence-corrected chi connectivity index (χ1v) is 2.82. The summed E-state index contributed by atoms with van der Waals surface area (Å²) in [4.78, 5) is 0.299. The zero-order valence-electron chi connectivity index (χ0n) is 5.50. The van der Waals surface area contributed by atoms with E-state index in [-0.39, 0.29) is 5.69 Å². The second kappa shape index (κ2) is 2.44. The van der Waals surface area contributed by atoms with Crippen LogP contribution in [0.2, 0.25) is 0 Å². The van der Waals surface area contributed by atoms with Gasteiger partial charge in [0.2, 0.25) is 6.20 Å². The molecule has 0 fully saturated rings. The number of pyridine rings is 1. The summed E-state index contributed by atoms with van der Waals surface area (Å²) < 4.78 is 12.5. The molecule has 0 radical (unpaired) electrons. The quantitative estimate of drug-likeness (QED) is 0.521. The minimum atomic E-state index is 0.0278. The minimum Gasteiger partial charge on any atom is -0.186 e. The van der Waals surface area contributed by atoms with Gasteiger partial charge in [-0.15, -0.1) is 0 Å². The SMILES string of the molecule is Cc1cc[n+](F)c(C#N)c1. The van der Waals surface area contributed by atoms with Crippen LogP contribution in [0.1, 0.15) is 11.3 Å². The molecule has 0 aliphatic carbocycles. The Balaban J connectivity index is 3.25. The van der Waals surface area contributed by atoms with E-state index in [4.69, 9.17) is 5.26 Å². The average molecular weight is 137 g/mol. The van der Waals surface area contributed by atoms with Crippen LogP contribution in [0, 0.1) is 18.3 Å². The van der Waals surface area contributed by atoms with Crippen molar-refractivity contribution < 1.29 is 9.27 Å². The highest BCUT2D eigenvalue weighted by molar-refractivity contribution is 5.19. The highest BCUT2D eigenvalue weighted by Crippen LogP contribution is 1.95. The lowest BCUT2D eigenvalue weighted by molar-refractivity contribution is -0.845. The van der Waals surface area contributed by atoms with Crippen molar-refractivity contribution in [1.29, 1.82) is 5.26 Å². The minimum absolute atomic E-state index is 0.0278. The summed E-state index contributed by atoms with van der Waals surface area (Å²) >= 11 is 0. The van der Waals surface area contributed by atoms with Crippen molar-refractivity contribution in [2.24, 2.45) is 0 Å².